The summed E-state index contributed by atoms with van der Waals surface area (Å²) < 4.78 is 10.3. The van der Waals surface area contributed by atoms with Crippen LogP contribution in [0.4, 0.5) is 5.69 Å². The van der Waals surface area contributed by atoms with Crippen LogP contribution in [0, 0.1) is 0 Å². The standard InChI is InChI=1S/C14H22N2O3/c1-10(2)16(8-9-18-3)14(17)11-6-5-7-12(15)13(11)19-4/h5-7,10H,8-9,15H2,1-4H3. The Morgan fingerprint density at radius 2 is 2.05 bits per heavy atom. The Morgan fingerprint density at radius 3 is 2.58 bits per heavy atom. The zero-order valence-electron chi connectivity index (χ0n) is 12.0. The van der Waals surface area contributed by atoms with E-state index in [0.717, 1.165) is 0 Å². The van der Waals surface area contributed by atoms with E-state index in [4.69, 9.17) is 15.2 Å². The van der Waals surface area contributed by atoms with Crippen molar-refractivity contribution in [2.45, 2.75) is 19.9 Å². The third-order valence-electron chi connectivity index (χ3n) is 2.90. The molecule has 0 spiro atoms. The van der Waals surface area contributed by atoms with Crippen molar-refractivity contribution in [3.63, 3.8) is 0 Å². The first kappa shape index (κ1) is 15.3. The molecule has 5 nitrogen and oxygen atoms in total. The van der Waals surface area contributed by atoms with Crippen LogP contribution in [-0.2, 0) is 4.74 Å². The van der Waals surface area contributed by atoms with Gasteiger partial charge in [0.2, 0.25) is 0 Å². The van der Waals surface area contributed by atoms with Crippen LogP contribution in [0.25, 0.3) is 0 Å². The smallest absolute Gasteiger partial charge is 0.258 e. The molecule has 19 heavy (non-hydrogen) atoms. The fourth-order valence-electron chi connectivity index (χ4n) is 1.89. The van der Waals surface area contributed by atoms with E-state index >= 15 is 0 Å². The third kappa shape index (κ3) is 3.61. The molecule has 0 aliphatic carbocycles. The molecule has 0 aliphatic heterocycles. The summed E-state index contributed by atoms with van der Waals surface area (Å²) in [5, 5.41) is 0. The highest BCUT2D eigenvalue weighted by Gasteiger charge is 2.22. The van der Waals surface area contributed by atoms with Crippen molar-refractivity contribution in [3.8, 4) is 5.75 Å². The van der Waals surface area contributed by atoms with Gasteiger partial charge in [-0.2, -0.15) is 0 Å². The summed E-state index contributed by atoms with van der Waals surface area (Å²) in [4.78, 5) is 14.3. The first-order valence-electron chi connectivity index (χ1n) is 6.25. The molecule has 1 aromatic rings. The molecule has 0 aliphatic rings. The molecule has 0 atom stereocenters. The van der Waals surface area contributed by atoms with Gasteiger partial charge in [0.25, 0.3) is 5.91 Å². The Bertz CT molecular complexity index is 433. The van der Waals surface area contributed by atoms with Crippen LogP contribution in [0.2, 0.25) is 0 Å². The molecule has 0 unspecified atom stereocenters. The van der Waals surface area contributed by atoms with E-state index < -0.39 is 0 Å². The van der Waals surface area contributed by atoms with Gasteiger partial charge < -0.3 is 20.1 Å². The van der Waals surface area contributed by atoms with E-state index in [2.05, 4.69) is 0 Å². The number of benzene rings is 1. The summed E-state index contributed by atoms with van der Waals surface area (Å²) in [5.41, 5.74) is 6.77. The minimum absolute atomic E-state index is 0.0776. The first-order valence-corrected chi connectivity index (χ1v) is 6.25. The van der Waals surface area contributed by atoms with Crippen molar-refractivity contribution >= 4 is 11.6 Å². The van der Waals surface area contributed by atoms with E-state index in [9.17, 15) is 4.79 Å². The highest BCUT2D eigenvalue weighted by Crippen LogP contribution is 2.27. The maximum atomic E-state index is 12.6. The molecule has 0 saturated carbocycles. The van der Waals surface area contributed by atoms with E-state index in [0.29, 0.717) is 30.2 Å². The zero-order chi connectivity index (χ0) is 14.4. The third-order valence-corrected chi connectivity index (χ3v) is 2.90. The fourth-order valence-corrected chi connectivity index (χ4v) is 1.89. The molecule has 1 amide bonds. The Balaban J connectivity index is 3.06. The van der Waals surface area contributed by atoms with Crippen molar-refractivity contribution in [1.82, 2.24) is 4.90 Å². The van der Waals surface area contributed by atoms with Gasteiger partial charge in [0.1, 0.15) is 0 Å². The molecule has 0 radical (unpaired) electrons. The van der Waals surface area contributed by atoms with Crippen molar-refractivity contribution in [2.24, 2.45) is 0 Å². The second-order valence-corrected chi connectivity index (χ2v) is 4.51. The van der Waals surface area contributed by atoms with E-state index in [1.165, 1.54) is 7.11 Å². The van der Waals surface area contributed by atoms with Gasteiger partial charge in [0.05, 0.1) is 25.0 Å². The van der Waals surface area contributed by atoms with Crippen molar-refractivity contribution in [2.75, 3.05) is 33.1 Å². The lowest BCUT2D eigenvalue weighted by Crippen LogP contribution is -2.39. The Morgan fingerprint density at radius 1 is 1.37 bits per heavy atom. The van der Waals surface area contributed by atoms with Gasteiger partial charge in [-0.05, 0) is 26.0 Å². The molecule has 1 rings (SSSR count). The van der Waals surface area contributed by atoms with Crippen molar-refractivity contribution < 1.29 is 14.3 Å². The summed E-state index contributed by atoms with van der Waals surface area (Å²) in [6, 6.07) is 5.26. The van der Waals surface area contributed by atoms with Gasteiger partial charge in [-0.3, -0.25) is 4.79 Å². The number of nitrogens with zero attached hydrogens (tertiary/aromatic N) is 1. The van der Waals surface area contributed by atoms with Gasteiger partial charge in [0.15, 0.2) is 5.75 Å². The predicted molar refractivity (Wildman–Crippen MR) is 75.5 cm³/mol. The molecule has 0 fully saturated rings. The zero-order valence-corrected chi connectivity index (χ0v) is 12.0. The molecule has 0 aromatic heterocycles. The topological polar surface area (TPSA) is 64.8 Å². The van der Waals surface area contributed by atoms with Gasteiger partial charge in [0, 0.05) is 19.7 Å². The van der Waals surface area contributed by atoms with Crippen LogP contribution in [-0.4, -0.2) is 44.2 Å². The van der Waals surface area contributed by atoms with Crippen molar-refractivity contribution in [1.29, 1.82) is 0 Å². The number of rotatable bonds is 6. The first-order chi connectivity index (χ1) is 9.02. The Labute approximate surface area is 114 Å². The molecule has 2 N–H and O–H groups in total. The monoisotopic (exact) mass is 266 g/mol. The van der Waals surface area contributed by atoms with Crippen LogP contribution < -0.4 is 10.5 Å². The average Bonchev–Trinajstić information content (AvgIpc) is 2.38. The number of anilines is 1. The summed E-state index contributed by atoms with van der Waals surface area (Å²) in [7, 11) is 3.13. The normalized spacial score (nSPS) is 10.6. The molecule has 5 heteroatoms. The lowest BCUT2D eigenvalue weighted by molar-refractivity contribution is 0.0632. The predicted octanol–water partition coefficient (Wildman–Crippen LogP) is 1.77. The van der Waals surface area contributed by atoms with E-state index in [-0.39, 0.29) is 11.9 Å². The number of carbonyl (C=O) groups excluding carboxylic acids is 1. The Hall–Kier alpha value is -1.75. The molecule has 1 aromatic carbocycles. The number of methoxy groups -OCH3 is 2. The largest absolute Gasteiger partial charge is 0.494 e. The minimum atomic E-state index is -0.101. The molecular weight excluding hydrogens is 244 g/mol. The van der Waals surface area contributed by atoms with Gasteiger partial charge >= 0.3 is 0 Å². The molecule has 0 bridgehead atoms. The number of nitrogen functional groups attached to an aromatic ring is 1. The van der Waals surface area contributed by atoms with E-state index in [1.54, 1.807) is 30.2 Å². The Kier molecular flexibility index (Phi) is 5.63. The lowest BCUT2D eigenvalue weighted by Gasteiger charge is -2.27. The average molecular weight is 266 g/mol. The highest BCUT2D eigenvalue weighted by atomic mass is 16.5. The maximum absolute atomic E-state index is 12.6. The van der Waals surface area contributed by atoms with Crippen LogP contribution in [0.5, 0.6) is 5.75 Å². The van der Waals surface area contributed by atoms with Crippen molar-refractivity contribution in [3.05, 3.63) is 23.8 Å². The number of carbonyl (C=O) groups is 1. The summed E-state index contributed by atoms with van der Waals surface area (Å²) in [5.74, 6) is 0.326. The quantitative estimate of drug-likeness (QED) is 0.797. The maximum Gasteiger partial charge on any atom is 0.258 e. The summed E-state index contributed by atoms with van der Waals surface area (Å²) in [6.07, 6.45) is 0. The number of nitrogens with two attached hydrogens (primary N) is 1. The number of hydrogen-bond acceptors (Lipinski definition) is 4. The second kappa shape index (κ2) is 6.99. The highest BCUT2D eigenvalue weighted by molar-refractivity contribution is 5.98. The number of ether oxygens (including phenoxy) is 2. The molecular formula is C14H22N2O3. The SMILES string of the molecule is COCCN(C(=O)c1cccc(N)c1OC)C(C)C. The number of hydrogen-bond donors (Lipinski definition) is 1. The lowest BCUT2D eigenvalue weighted by atomic mass is 10.1. The second-order valence-electron chi connectivity index (χ2n) is 4.51. The van der Waals surface area contributed by atoms with Crippen LogP contribution in [0.1, 0.15) is 24.2 Å². The van der Waals surface area contributed by atoms with Crippen LogP contribution >= 0.6 is 0 Å². The van der Waals surface area contributed by atoms with Gasteiger partial charge in [-0.15, -0.1) is 0 Å². The van der Waals surface area contributed by atoms with Crippen LogP contribution in [0.3, 0.4) is 0 Å². The number of amides is 1. The van der Waals surface area contributed by atoms with E-state index in [1.807, 2.05) is 13.8 Å². The molecule has 106 valence electrons. The number of para-hydroxylation sites is 1. The summed E-state index contributed by atoms with van der Waals surface area (Å²) in [6.45, 7) is 4.96. The minimum Gasteiger partial charge on any atom is -0.494 e. The van der Waals surface area contributed by atoms with Crippen LogP contribution in [0.15, 0.2) is 18.2 Å². The molecule has 0 saturated heterocycles. The fraction of sp³-hybridized carbons (Fsp3) is 0.500. The summed E-state index contributed by atoms with van der Waals surface area (Å²) >= 11 is 0. The van der Waals surface area contributed by atoms with Gasteiger partial charge in [-0.1, -0.05) is 6.07 Å². The molecule has 0 heterocycles. The van der Waals surface area contributed by atoms with Gasteiger partial charge in [-0.25, -0.2) is 0 Å².